The third-order valence-electron chi connectivity index (χ3n) is 8.67. The molecule has 7 aromatic rings. The molecule has 0 spiro atoms. The van der Waals surface area contributed by atoms with E-state index in [1.54, 1.807) is 0 Å². The van der Waals surface area contributed by atoms with E-state index in [0.717, 1.165) is 11.5 Å². The molecule has 2 heterocycles. The van der Waals surface area contributed by atoms with Gasteiger partial charge in [-0.3, -0.25) is 0 Å². The van der Waals surface area contributed by atoms with Crippen molar-refractivity contribution < 1.29 is 4.74 Å². The van der Waals surface area contributed by atoms with Crippen molar-refractivity contribution in [1.82, 2.24) is 4.57 Å². The summed E-state index contributed by atoms with van der Waals surface area (Å²) < 4.78 is 8.65. The Labute approximate surface area is 240 Å². The van der Waals surface area contributed by atoms with Crippen LogP contribution in [0.3, 0.4) is 0 Å². The number of ether oxygens (including phenoxy) is 1. The molecule has 196 valence electrons. The predicted octanol–water partition coefficient (Wildman–Crippen LogP) is 10.5. The van der Waals surface area contributed by atoms with Gasteiger partial charge in [0.15, 0.2) is 0 Å². The van der Waals surface area contributed by atoms with Crippen molar-refractivity contribution in [2.24, 2.45) is 0 Å². The lowest BCUT2D eigenvalue weighted by Gasteiger charge is -2.34. The normalized spacial score (nSPS) is 13.5. The molecule has 0 N–H and O–H groups in total. The van der Waals surface area contributed by atoms with E-state index in [9.17, 15) is 0 Å². The van der Waals surface area contributed by atoms with Gasteiger partial charge in [0.2, 0.25) is 0 Å². The summed E-state index contributed by atoms with van der Waals surface area (Å²) >= 11 is 0. The molecule has 1 aromatic heterocycles. The first kappa shape index (κ1) is 23.8. The lowest BCUT2D eigenvalue weighted by molar-refractivity contribution is 0.418. The van der Waals surface area contributed by atoms with Crippen molar-refractivity contribution in [2.75, 3.05) is 0 Å². The van der Waals surface area contributed by atoms with E-state index < -0.39 is 0 Å². The summed E-state index contributed by atoms with van der Waals surface area (Å²) in [6, 6.07) is 50.0. The smallest absolute Gasteiger partial charge is 0.131 e. The van der Waals surface area contributed by atoms with Gasteiger partial charge >= 0.3 is 0 Å². The van der Waals surface area contributed by atoms with Crippen molar-refractivity contribution in [2.45, 2.75) is 19.3 Å². The van der Waals surface area contributed by atoms with Crippen LogP contribution in [-0.2, 0) is 5.41 Å². The van der Waals surface area contributed by atoms with E-state index in [1.165, 1.54) is 60.9 Å². The maximum atomic E-state index is 6.28. The lowest BCUT2D eigenvalue weighted by Crippen LogP contribution is -2.24. The summed E-state index contributed by atoms with van der Waals surface area (Å²) in [5.74, 6) is 1.89. The van der Waals surface area contributed by atoms with Crippen LogP contribution in [0.1, 0.15) is 25.0 Å². The molecule has 0 amide bonds. The van der Waals surface area contributed by atoms with E-state index in [-0.39, 0.29) is 5.41 Å². The van der Waals surface area contributed by atoms with Crippen LogP contribution in [-0.4, -0.2) is 4.57 Å². The Morgan fingerprint density at radius 3 is 1.85 bits per heavy atom. The number of fused-ring (bicyclic) bond motifs is 5. The molecule has 0 atom stereocenters. The molecule has 0 unspecified atom stereocenters. The maximum Gasteiger partial charge on any atom is 0.131 e. The van der Waals surface area contributed by atoms with Gasteiger partial charge in [0.1, 0.15) is 11.5 Å². The fourth-order valence-electron chi connectivity index (χ4n) is 6.48. The van der Waals surface area contributed by atoms with E-state index in [4.69, 9.17) is 4.74 Å². The van der Waals surface area contributed by atoms with Crippen LogP contribution in [0.15, 0.2) is 140 Å². The van der Waals surface area contributed by atoms with Crippen LogP contribution in [0.2, 0.25) is 0 Å². The van der Waals surface area contributed by atoms with Crippen LogP contribution in [0.5, 0.6) is 11.5 Å². The van der Waals surface area contributed by atoms with Crippen molar-refractivity contribution in [3.63, 3.8) is 0 Å². The van der Waals surface area contributed by atoms with Crippen LogP contribution in [0, 0.1) is 0 Å². The Balaban J connectivity index is 1.19. The lowest BCUT2D eigenvalue weighted by atomic mass is 9.75. The highest BCUT2D eigenvalue weighted by Crippen LogP contribution is 2.48. The van der Waals surface area contributed by atoms with Crippen LogP contribution >= 0.6 is 0 Å². The Morgan fingerprint density at radius 1 is 0.463 bits per heavy atom. The zero-order valence-electron chi connectivity index (χ0n) is 23.1. The first-order chi connectivity index (χ1) is 20.1. The van der Waals surface area contributed by atoms with Gasteiger partial charge in [0.25, 0.3) is 0 Å². The average Bonchev–Trinajstić information content (AvgIpc) is 3.35. The van der Waals surface area contributed by atoms with Crippen LogP contribution < -0.4 is 4.74 Å². The first-order valence-corrected chi connectivity index (χ1v) is 14.2. The minimum absolute atomic E-state index is 0.132. The highest BCUT2D eigenvalue weighted by Gasteiger charge is 2.34. The van der Waals surface area contributed by atoms with Crippen molar-refractivity contribution in [1.29, 1.82) is 0 Å². The van der Waals surface area contributed by atoms with Crippen molar-refractivity contribution >= 4 is 21.8 Å². The van der Waals surface area contributed by atoms with Gasteiger partial charge in [-0.1, -0.05) is 111 Å². The molecule has 0 saturated carbocycles. The minimum atomic E-state index is -0.132. The van der Waals surface area contributed by atoms with Gasteiger partial charge in [0.05, 0.1) is 11.0 Å². The molecule has 1 aliphatic heterocycles. The number of nitrogens with zero attached hydrogens (tertiary/aromatic N) is 1. The molecule has 0 bridgehead atoms. The minimum Gasteiger partial charge on any atom is -0.457 e. The Bertz CT molecular complexity index is 2080. The Kier molecular flexibility index (Phi) is 5.20. The summed E-state index contributed by atoms with van der Waals surface area (Å²) in [6.07, 6.45) is 0. The van der Waals surface area contributed by atoms with Gasteiger partial charge in [-0.25, -0.2) is 0 Å². The molecule has 2 nitrogen and oxygen atoms in total. The number of rotatable bonds is 3. The Morgan fingerprint density at radius 2 is 1.05 bits per heavy atom. The summed E-state index contributed by atoms with van der Waals surface area (Å²) in [4.78, 5) is 0. The summed E-state index contributed by atoms with van der Waals surface area (Å²) in [5, 5.41) is 2.54. The zero-order valence-corrected chi connectivity index (χ0v) is 23.1. The largest absolute Gasteiger partial charge is 0.457 e. The molecule has 0 aliphatic carbocycles. The molecular weight excluding hydrogens is 498 g/mol. The predicted molar refractivity (Wildman–Crippen MR) is 170 cm³/mol. The van der Waals surface area contributed by atoms with Crippen LogP contribution in [0.4, 0.5) is 0 Å². The first-order valence-electron chi connectivity index (χ1n) is 14.2. The molecule has 1 aliphatic rings. The topological polar surface area (TPSA) is 14.2 Å². The van der Waals surface area contributed by atoms with E-state index in [0.29, 0.717) is 0 Å². The highest BCUT2D eigenvalue weighted by molar-refractivity contribution is 6.10. The summed E-state index contributed by atoms with van der Waals surface area (Å²) in [7, 11) is 0. The van der Waals surface area contributed by atoms with Crippen molar-refractivity contribution in [3.8, 4) is 39.4 Å². The standard InChI is InChI=1S/C39H29NO/c1-39(2)33-13-7-9-15-37(33)41-38-23-21-28(24-34(38)39)26-16-18-27(19-17-26)29-20-22-32-31-12-6-8-14-35(31)40(36(32)25-29)30-10-4-3-5-11-30/h3-25H,1-2H3. The quantitative estimate of drug-likeness (QED) is 0.223. The third-order valence-corrected chi connectivity index (χ3v) is 8.67. The van der Waals surface area contributed by atoms with E-state index in [2.05, 4.69) is 152 Å². The zero-order chi connectivity index (χ0) is 27.6. The fourth-order valence-corrected chi connectivity index (χ4v) is 6.48. The second-order valence-electron chi connectivity index (χ2n) is 11.4. The number of hydrogen-bond acceptors (Lipinski definition) is 1. The summed E-state index contributed by atoms with van der Waals surface area (Å²) in [5.41, 5.74) is 10.7. The number of aromatic nitrogens is 1. The van der Waals surface area contributed by atoms with Crippen molar-refractivity contribution in [3.05, 3.63) is 151 Å². The molecular formula is C39H29NO. The van der Waals surface area contributed by atoms with E-state index in [1.807, 2.05) is 6.07 Å². The number of benzene rings is 6. The van der Waals surface area contributed by atoms with E-state index >= 15 is 0 Å². The van der Waals surface area contributed by atoms with Gasteiger partial charge in [-0.2, -0.15) is 0 Å². The molecule has 2 heteroatoms. The summed E-state index contributed by atoms with van der Waals surface area (Å²) in [6.45, 7) is 4.57. The average molecular weight is 528 g/mol. The molecule has 0 saturated heterocycles. The van der Waals surface area contributed by atoms with Gasteiger partial charge in [-0.05, 0) is 64.7 Å². The molecule has 0 radical (unpaired) electrons. The second-order valence-corrected chi connectivity index (χ2v) is 11.4. The van der Waals surface area contributed by atoms with Gasteiger partial charge < -0.3 is 9.30 Å². The Hall–Kier alpha value is -5.08. The molecule has 6 aromatic carbocycles. The number of para-hydroxylation sites is 3. The second kappa shape index (κ2) is 8.97. The van der Waals surface area contributed by atoms with Crippen LogP contribution in [0.25, 0.3) is 49.7 Å². The van der Waals surface area contributed by atoms with Gasteiger partial charge in [0, 0.05) is 33.0 Å². The third kappa shape index (κ3) is 3.72. The monoisotopic (exact) mass is 527 g/mol. The molecule has 0 fully saturated rings. The fraction of sp³-hybridized carbons (Fsp3) is 0.0769. The molecule has 8 rings (SSSR count). The maximum absolute atomic E-state index is 6.28. The SMILES string of the molecule is CC1(C)c2ccccc2Oc2ccc(-c3ccc(-c4ccc5c6ccccc6n(-c6ccccc6)c5c4)cc3)cc21. The number of hydrogen-bond donors (Lipinski definition) is 0. The molecule has 41 heavy (non-hydrogen) atoms. The van der Waals surface area contributed by atoms with Gasteiger partial charge in [-0.15, -0.1) is 0 Å². The highest BCUT2D eigenvalue weighted by atomic mass is 16.5.